The van der Waals surface area contributed by atoms with Crippen LogP contribution in [0.1, 0.15) is 5.56 Å². The van der Waals surface area contributed by atoms with Gasteiger partial charge in [-0.25, -0.2) is 8.42 Å². The lowest BCUT2D eigenvalue weighted by molar-refractivity contribution is 0.282. The number of anilines is 2. The van der Waals surface area contributed by atoms with Crippen molar-refractivity contribution in [3.63, 3.8) is 0 Å². The monoisotopic (exact) mass is 308 g/mol. The quantitative estimate of drug-likeness (QED) is 0.728. The van der Waals surface area contributed by atoms with Crippen molar-refractivity contribution in [2.75, 3.05) is 17.6 Å². The van der Waals surface area contributed by atoms with Gasteiger partial charge in [0.05, 0.1) is 13.7 Å². The van der Waals surface area contributed by atoms with E-state index in [4.69, 9.17) is 15.6 Å². The van der Waals surface area contributed by atoms with Crippen molar-refractivity contribution in [1.29, 1.82) is 0 Å². The SMILES string of the molecule is COc1ccc(N)cc1S(=O)(=O)Nc1ccc(CO)cc1. The zero-order valence-electron chi connectivity index (χ0n) is 11.4. The highest BCUT2D eigenvalue weighted by Crippen LogP contribution is 2.27. The summed E-state index contributed by atoms with van der Waals surface area (Å²) in [6.45, 7) is -0.101. The molecule has 0 saturated heterocycles. The molecule has 2 aromatic carbocycles. The fraction of sp³-hybridized carbons (Fsp3) is 0.143. The van der Waals surface area contributed by atoms with E-state index in [1.165, 1.54) is 19.2 Å². The van der Waals surface area contributed by atoms with Gasteiger partial charge in [0, 0.05) is 11.4 Å². The lowest BCUT2D eigenvalue weighted by Crippen LogP contribution is -2.14. The number of nitrogen functional groups attached to an aromatic ring is 1. The maximum absolute atomic E-state index is 12.4. The number of hydrogen-bond donors (Lipinski definition) is 3. The van der Waals surface area contributed by atoms with Crippen LogP contribution in [0, 0.1) is 0 Å². The third kappa shape index (κ3) is 3.45. The molecular weight excluding hydrogens is 292 g/mol. The standard InChI is InChI=1S/C14H16N2O4S/c1-20-13-7-4-11(15)8-14(13)21(18,19)16-12-5-2-10(9-17)3-6-12/h2-8,16-17H,9,15H2,1H3. The Balaban J connectivity index is 2.35. The van der Waals surface area contributed by atoms with Crippen molar-refractivity contribution in [2.45, 2.75) is 11.5 Å². The van der Waals surface area contributed by atoms with Crippen LogP contribution in [0.3, 0.4) is 0 Å². The first-order chi connectivity index (χ1) is 9.96. The second-order valence-corrected chi connectivity index (χ2v) is 6.02. The number of ether oxygens (including phenoxy) is 1. The Bertz CT molecular complexity index is 727. The zero-order chi connectivity index (χ0) is 15.5. The Hall–Kier alpha value is -2.25. The predicted octanol–water partition coefficient (Wildman–Crippen LogP) is 1.57. The molecule has 4 N–H and O–H groups in total. The van der Waals surface area contributed by atoms with E-state index in [-0.39, 0.29) is 17.3 Å². The van der Waals surface area contributed by atoms with Gasteiger partial charge in [-0.2, -0.15) is 0 Å². The zero-order valence-corrected chi connectivity index (χ0v) is 12.2. The lowest BCUT2D eigenvalue weighted by Gasteiger charge is -2.12. The van der Waals surface area contributed by atoms with Crippen molar-refractivity contribution in [2.24, 2.45) is 0 Å². The molecule has 0 unspecified atom stereocenters. The molecule has 21 heavy (non-hydrogen) atoms. The Morgan fingerprint density at radius 1 is 1.19 bits per heavy atom. The molecule has 0 fully saturated rings. The van der Waals surface area contributed by atoms with Gasteiger partial charge >= 0.3 is 0 Å². The van der Waals surface area contributed by atoms with Crippen LogP contribution in [0.4, 0.5) is 11.4 Å². The number of nitrogens with two attached hydrogens (primary N) is 1. The van der Waals surface area contributed by atoms with Gasteiger partial charge < -0.3 is 15.6 Å². The summed E-state index contributed by atoms with van der Waals surface area (Å²) in [5.74, 6) is 0.212. The Kier molecular flexibility index (Phi) is 4.35. The number of aliphatic hydroxyl groups excluding tert-OH is 1. The number of methoxy groups -OCH3 is 1. The van der Waals surface area contributed by atoms with E-state index in [0.717, 1.165) is 0 Å². The van der Waals surface area contributed by atoms with Gasteiger partial charge in [0.1, 0.15) is 10.6 Å². The van der Waals surface area contributed by atoms with E-state index in [1.807, 2.05) is 0 Å². The molecule has 0 aliphatic heterocycles. The van der Waals surface area contributed by atoms with Gasteiger partial charge in [0.25, 0.3) is 10.0 Å². The number of sulfonamides is 1. The maximum Gasteiger partial charge on any atom is 0.265 e. The molecule has 0 bridgehead atoms. The van der Waals surface area contributed by atoms with Crippen molar-refractivity contribution < 1.29 is 18.3 Å². The first-order valence-corrected chi connectivity index (χ1v) is 7.60. The van der Waals surface area contributed by atoms with Gasteiger partial charge in [-0.05, 0) is 35.9 Å². The summed E-state index contributed by atoms with van der Waals surface area (Å²) in [5, 5.41) is 8.97. The van der Waals surface area contributed by atoms with E-state index in [0.29, 0.717) is 16.9 Å². The van der Waals surface area contributed by atoms with Crippen LogP contribution in [-0.4, -0.2) is 20.6 Å². The second-order valence-electron chi connectivity index (χ2n) is 4.37. The van der Waals surface area contributed by atoms with E-state index >= 15 is 0 Å². The topological polar surface area (TPSA) is 102 Å². The highest BCUT2D eigenvalue weighted by Gasteiger charge is 2.20. The second kappa shape index (κ2) is 6.02. The molecule has 0 heterocycles. The molecule has 0 aromatic heterocycles. The summed E-state index contributed by atoms with van der Waals surface area (Å²) in [6.07, 6.45) is 0. The Morgan fingerprint density at radius 2 is 1.86 bits per heavy atom. The molecule has 0 aliphatic rings. The van der Waals surface area contributed by atoms with Crippen LogP contribution in [-0.2, 0) is 16.6 Å². The van der Waals surface area contributed by atoms with Crippen LogP contribution in [0.15, 0.2) is 47.4 Å². The van der Waals surface area contributed by atoms with Gasteiger partial charge in [0.15, 0.2) is 0 Å². The average Bonchev–Trinajstić information content (AvgIpc) is 2.47. The molecule has 0 atom stereocenters. The number of hydrogen-bond acceptors (Lipinski definition) is 5. The minimum atomic E-state index is -3.82. The third-order valence-corrected chi connectivity index (χ3v) is 4.27. The summed E-state index contributed by atoms with van der Waals surface area (Å²) in [7, 11) is -2.43. The fourth-order valence-corrected chi connectivity index (χ4v) is 3.06. The molecule has 2 rings (SSSR count). The van der Waals surface area contributed by atoms with Gasteiger partial charge in [-0.15, -0.1) is 0 Å². The molecule has 0 saturated carbocycles. The van der Waals surface area contributed by atoms with Gasteiger partial charge in [-0.3, -0.25) is 4.72 Å². The van der Waals surface area contributed by atoms with Crippen LogP contribution in [0.2, 0.25) is 0 Å². The summed E-state index contributed by atoms with van der Waals surface area (Å²) in [6, 6.07) is 10.8. The molecule has 6 nitrogen and oxygen atoms in total. The fourth-order valence-electron chi connectivity index (χ4n) is 1.79. The summed E-state index contributed by atoms with van der Waals surface area (Å²) >= 11 is 0. The highest BCUT2D eigenvalue weighted by atomic mass is 32.2. The molecule has 0 spiro atoms. The smallest absolute Gasteiger partial charge is 0.265 e. The number of rotatable bonds is 5. The number of aliphatic hydroxyl groups is 1. The van der Waals surface area contributed by atoms with E-state index in [2.05, 4.69) is 4.72 Å². The van der Waals surface area contributed by atoms with E-state index < -0.39 is 10.0 Å². The minimum Gasteiger partial charge on any atom is -0.495 e. The molecule has 7 heteroatoms. The van der Waals surface area contributed by atoms with E-state index in [9.17, 15) is 8.42 Å². The minimum absolute atomic E-state index is 0.0313. The number of nitrogens with one attached hydrogen (secondary N) is 1. The Morgan fingerprint density at radius 3 is 2.43 bits per heavy atom. The highest BCUT2D eigenvalue weighted by molar-refractivity contribution is 7.92. The first-order valence-electron chi connectivity index (χ1n) is 6.12. The summed E-state index contributed by atoms with van der Waals surface area (Å²) < 4.78 is 32.3. The molecular formula is C14H16N2O4S. The maximum atomic E-state index is 12.4. The van der Waals surface area contributed by atoms with Gasteiger partial charge in [-0.1, -0.05) is 12.1 Å². The van der Waals surface area contributed by atoms with Crippen molar-refractivity contribution in [1.82, 2.24) is 0 Å². The molecule has 0 aliphatic carbocycles. The Labute approximate surface area is 123 Å². The van der Waals surface area contributed by atoms with Crippen molar-refractivity contribution in [3.8, 4) is 5.75 Å². The molecule has 0 amide bonds. The predicted molar refractivity (Wildman–Crippen MR) is 80.6 cm³/mol. The van der Waals surface area contributed by atoms with Gasteiger partial charge in [0.2, 0.25) is 0 Å². The summed E-state index contributed by atoms with van der Waals surface area (Å²) in [4.78, 5) is -0.0313. The van der Waals surface area contributed by atoms with Crippen LogP contribution in [0.5, 0.6) is 5.75 Å². The molecule has 112 valence electrons. The van der Waals surface area contributed by atoms with Crippen LogP contribution >= 0.6 is 0 Å². The largest absolute Gasteiger partial charge is 0.495 e. The normalized spacial score (nSPS) is 11.1. The average molecular weight is 308 g/mol. The lowest BCUT2D eigenvalue weighted by atomic mass is 10.2. The third-order valence-electron chi connectivity index (χ3n) is 2.87. The van der Waals surface area contributed by atoms with Crippen molar-refractivity contribution in [3.05, 3.63) is 48.0 Å². The van der Waals surface area contributed by atoms with E-state index in [1.54, 1.807) is 30.3 Å². The van der Waals surface area contributed by atoms with Crippen LogP contribution in [0.25, 0.3) is 0 Å². The van der Waals surface area contributed by atoms with Crippen molar-refractivity contribution >= 4 is 21.4 Å². The molecule has 2 aromatic rings. The number of benzene rings is 2. The summed E-state index contributed by atoms with van der Waals surface area (Å²) in [5.41, 5.74) is 7.04. The molecule has 0 radical (unpaired) electrons. The first kappa shape index (κ1) is 15.1. The van der Waals surface area contributed by atoms with Crippen LogP contribution < -0.4 is 15.2 Å².